The van der Waals surface area contributed by atoms with Crippen LogP contribution < -0.4 is 5.43 Å². The average Bonchev–Trinajstić information content (AvgIpc) is 2.31. The number of hydrazine groups is 1. The average molecular weight is 258 g/mol. The largest absolute Gasteiger partial charge is 0.285 e. The predicted molar refractivity (Wildman–Crippen MR) is 71.1 cm³/mol. The second-order valence-electron chi connectivity index (χ2n) is 3.66. The maximum Gasteiger partial charge on any atom is 0.265 e. The molecule has 4 nitrogen and oxygen atoms in total. The molecule has 5 heteroatoms. The van der Waals surface area contributed by atoms with E-state index in [2.05, 4.69) is 24.3 Å². The molecule has 1 aromatic heterocycles. The molecule has 0 radical (unpaired) electrons. The molecule has 1 heterocycles. The van der Waals surface area contributed by atoms with Crippen molar-refractivity contribution in [2.45, 2.75) is 26.7 Å². The first kappa shape index (κ1) is 15.9. The highest BCUT2D eigenvalue weighted by molar-refractivity contribution is 5.93. The summed E-state index contributed by atoms with van der Waals surface area (Å²) in [5, 5.41) is 1.96. The van der Waals surface area contributed by atoms with Gasteiger partial charge >= 0.3 is 0 Å². The van der Waals surface area contributed by atoms with Crippen molar-refractivity contribution < 1.29 is 4.79 Å². The second-order valence-corrected chi connectivity index (χ2v) is 3.66. The molecule has 1 aromatic rings. The molecule has 1 N–H and O–H groups in total. The maximum atomic E-state index is 11.8. The SMILES string of the molecule is CCCN(CCC)NC(=O)c1ccncc1.Cl. The molecular formula is C12H20ClN3O. The topological polar surface area (TPSA) is 45.2 Å². The van der Waals surface area contributed by atoms with Crippen molar-refractivity contribution in [1.82, 2.24) is 15.4 Å². The number of halogens is 1. The van der Waals surface area contributed by atoms with Gasteiger partial charge in [0.1, 0.15) is 0 Å². The number of carbonyl (C=O) groups is 1. The van der Waals surface area contributed by atoms with E-state index in [0.717, 1.165) is 25.9 Å². The van der Waals surface area contributed by atoms with Crippen LogP contribution in [0.4, 0.5) is 0 Å². The fourth-order valence-corrected chi connectivity index (χ4v) is 1.47. The van der Waals surface area contributed by atoms with Gasteiger partial charge in [-0.1, -0.05) is 13.8 Å². The van der Waals surface area contributed by atoms with Crippen molar-refractivity contribution in [2.75, 3.05) is 13.1 Å². The molecule has 0 aliphatic rings. The molecule has 0 saturated carbocycles. The van der Waals surface area contributed by atoms with Crippen molar-refractivity contribution in [3.05, 3.63) is 30.1 Å². The minimum atomic E-state index is -0.0655. The van der Waals surface area contributed by atoms with Gasteiger partial charge in [-0.2, -0.15) is 0 Å². The molecule has 0 saturated heterocycles. The Morgan fingerprint density at radius 3 is 2.24 bits per heavy atom. The summed E-state index contributed by atoms with van der Waals surface area (Å²) in [4.78, 5) is 15.7. The van der Waals surface area contributed by atoms with Gasteiger partial charge in [0.25, 0.3) is 5.91 Å². The van der Waals surface area contributed by atoms with Gasteiger partial charge in [0, 0.05) is 31.0 Å². The summed E-state index contributed by atoms with van der Waals surface area (Å²) in [6, 6.07) is 3.43. The Labute approximate surface area is 109 Å². The van der Waals surface area contributed by atoms with Crippen LogP contribution in [0.1, 0.15) is 37.0 Å². The van der Waals surface area contributed by atoms with Gasteiger partial charge in [-0.25, -0.2) is 5.01 Å². The first-order valence-corrected chi connectivity index (χ1v) is 5.73. The quantitative estimate of drug-likeness (QED) is 0.796. The van der Waals surface area contributed by atoms with Gasteiger partial charge in [0.05, 0.1) is 0 Å². The molecular weight excluding hydrogens is 238 g/mol. The number of amides is 1. The summed E-state index contributed by atoms with van der Waals surface area (Å²) in [6.45, 7) is 5.96. The summed E-state index contributed by atoms with van der Waals surface area (Å²) in [6.07, 6.45) is 5.30. The first-order valence-electron chi connectivity index (χ1n) is 5.73. The van der Waals surface area contributed by atoms with E-state index in [-0.39, 0.29) is 18.3 Å². The third-order valence-corrected chi connectivity index (χ3v) is 2.19. The van der Waals surface area contributed by atoms with Gasteiger partial charge in [-0.15, -0.1) is 12.4 Å². The molecule has 1 rings (SSSR count). The lowest BCUT2D eigenvalue weighted by Crippen LogP contribution is -2.43. The van der Waals surface area contributed by atoms with Crippen LogP contribution in [0.2, 0.25) is 0 Å². The Morgan fingerprint density at radius 2 is 1.76 bits per heavy atom. The minimum Gasteiger partial charge on any atom is -0.285 e. The molecule has 96 valence electrons. The van der Waals surface area contributed by atoms with Gasteiger partial charge in [0.2, 0.25) is 0 Å². The Hall–Kier alpha value is -1.13. The molecule has 0 fully saturated rings. The van der Waals surface area contributed by atoms with Gasteiger partial charge in [0.15, 0.2) is 0 Å². The lowest BCUT2D eigenvalue weighted by Gasteiger charge is -2.21. The Morgan fingerprint density at radius 1 is 1.24 bits per heavy atom. The highest BCUT2D eigenvalue weighted by atomic mass is 35.5. The van der Waals surface area contributed by atoms with E-state index in [9.17, 15) is 4.79 Å². The number of hydrogen-bond donors (Lipinski definition) is 1. The summed E-state index contributed by atoms with van der Waals surface area (Å²) >= 11 is 0. The maximum absolute atomic E-state index is 11.8. The third-order valence-electron chi connectivity index (χ3n) is 2.19. The van der Waals surface area contributed by atoms with E-state index >= 15 is 0 Å². The van der Waals surface area contributed by atoms with Crippen LogP contribution >= 0.6 is 12.4 Å². The summed E-state index contributed by atoms with van der Waals surface area (Å²) in [5.74, 6) is -0.0655. The van der Waals surface area contributed by atoms with E-state index in [4.69, 9.17) is 0 Å². The number of nitrogens with one attached hydrogen (secondary N) is 1. The Balaban J connectivity index is 0.00000256. The molecule has 0 aliphatic carbocycles. The van der Waals surface area contributed by atoms with Crippen molar-refractivity contribution in [1.29, 1.82) is 0 Å². The summed E-state index contributed by atoms with van der Waals surface area (Å²) in [7, 11) is 0. The lowest BCUT2D eigenvalue weighted by atomic mass is 10.2. The number of hydrogen-bond acceptors (Lipinski definition) is 3. The lowest BCUT2D eigenvalue weighted by molar-refractivity contribution is 0.0788. The highest BCUT2D eigenvalue weighted by Gasteiger charge is 2.09. The number of carbonyl (C=O) groups excluding carboxylic acids is 1. The van der Waals surface area contributed by atoms with Gasteiger partial charge < -0.3 is 0 Å². The third kappa shape index (κ3) is 5.65. The Bertz CT molecular complexity index is 313. The smallest absolute Gasteiger partial charge is 0.265 e. The van der Waals surface area contributed by atoms with Gasteiger partial charge in [-0.05, 0) is 25.0 Å². The van der Waals surface area contributed by atoms with E-state index in [0.29, 0.717) is 5.56 Å². The van der Waals surface area contributed by atoms with Crippen molar-refractivity contribution in [2.24, 2.45) is 0 Å². The number of pyridine rings is 1. The first-order chi connectivity index (χ1) is 7.77. The molecule has 0 atom stereocenters. The van der Waals surface area contributed by atoms with Gasteiger partial charge in [-0.3, -0.25) is 15.2 Å². The Kier molecular flexibility index (Phi) is 8.36. The molecule has 17 heavy (non-hydrogen) atoms. The minimum absolute atomic E-state index is 0. The van der Waals surface area contributed by atoms with Crippen LogP contribution in [0.3, 0.4) is 0 Å². The van der Waals surface area contributed by atoms with Crippen molar-refractivity contribution in [3.8, 4) is 0 Å². The van der Waals surface area contributed by atoms with Crippen LogP contribution in [0, 0.1) is 0 Å². The molecule has 1 amide bonds. The van der Waals surface area contributed by atoms with Crippen LogP contribution in [0.5, 0.6) is 0 Å². The molecule has 0 bridgehead atoms. The molecule has 0 spiro atoms. The van der Waals surface area contributed by atoms with Crippen molar-refractivity contribution >= 4 is 18.3 Å². The van der Waals surface area contributed by atoms with Crippen LogP contribution in [-0.4, -0.2) is 29.0 Å². The number of rotatable bonds is 6. The van der Waals surface area contributed by atoms with E-state index in [1.165, 1.54) is 0 Å². The highest BCUT2D eigenvalue weighted by Crippen LogP contribution is 1.97. The summed E-state index contributed by atoms with van der Waals surface area (Å²) < 4.78 is 0. The number of nitrogens with zero attached hydrogens (tertiary/aromatic N) is 2. The van der Waals surface area contributed by atoms with Crippen molar-refractivity contribution in [3.63, 3.8) is 0 Å². The summed E-state index contributed by atoms with van der Waals surface area (Å²) in [5.41, 5.74) is 3.55. The zero-order valence-corrected chi connectivity index (χ0v) is 11.2. The van der Waals surface area contributed by atoms with Crippen LogP contribution in [-0.2, 0) is 0 Å². The fourth-order valence-electron chi connectivity index (χ4n) is 1.47. The normalized spacial score (nSPS) is 9.82. The van der Waals surface area contributed by atoms with Crippen LogP contribution in [0.25, 0.3) is 0 Å². The molecule has 0 aromatic carbocycles. The standard InChI is InChI=1S/C12H19N3O.ClH/c1-3-9-15(10-4-2)14-12(16)11-5-7-13-8-6-11;/h5-8H,3-4,9-10H2,1-2H3,(H,14,16);1H. The van der Waals surface area contributed by atoms with E-state index in [1.54, 1.807) is 24.5 Å². The predicted octanol–water partition coefficient (Wildman–Crippen LogP) is 2.27. The zero-order valence-electron chi connectivity index (χ0n) is 10.3. The molecule has 0 aliphatic heterocycles. The van der Waals surface area contributed by atoms with Crippen LogP contribution in [0.15, 0.2) is 24.5 Å². The monoisotopic (exact) mass is 257 g/mol. The zero-order chi connectivity index (χ0) is 11.8. The number of aromatic nitrogens is 1. The fraction of sp³-hybridized carbons (Fsp3) is 0.500. The second kappa shape index (κ2) is 8.96. The van der Waals surface area contributed by atoms with E-state index in [1.807, 2.05) is 5.01 Å². The molecule has 0 unspecified atom stereocenters. The van der Waals surface area contributed by atoms with E-state index < -0.39 is 0 Å².